The number of carbonyl (C=O) groups is 1. The molecule has 0 unspecified atom stereocenters. The van der Waals surface area contributed by atoms with Crippen LogP contribution < -0.4 is 0 Å². The van der Waals surface area contributed by atoms with Gasteiger partial charge in [0.2, 0.25) is 5.91 Å². The number of aromatic nitrogens is 2. The summed E-state index contributed by atoms with van der Waals surface area (Å²) < 4.78 is 7.39. The molecule has 1 amide bonds. The zero-order valence-electron chi connectivity index (χ0n) is 12.3. The first-order valence-electron chi connectivity index (χ1n) is 7.54. The molecule has 1 aromatic heterocycles. The lowest BCUT2D eigenvalue weighted by Gasteiger charge is -2.27. The van der Waals surface area contributed by atoms with Crippen LogP contribution in [-0.2, 0) is 16.1 Å². The van der Waals surface area contributed by atoms with E-state index in [4.69, 9.17) is 4.74 Å². The van der Waals surface area contributed by atoms with Crippen molar-refractivity contribution in [3.8, 4) is 0 Å². The van der Waals surface area contributed by atoms with Crippen molar-refractivity contribution >= 4 is 5.91 Å². The molecule has 1 aromatic rings. The Morgan fingerprint density at radius 2 is 2.30 bits per heavy atom. The summed E-state index contributed by atoms with van der Waals surface area (Å²) in [5.74, 6) is 0.364. The van der Waals surface area contributed by atoms with Crippen molar-refractivity contribution in [2.45, 2.75) is 45.7 Å². The summed E-state index contributed by atoms with van der Waals surface area (Å²) in [6.45, 7) is 7.12. The van der Waals surface area contributed by atoms with Crippen LogP contribution in [0.4, 0.5) is 0 Å². The summed E-state index contributed by atoms with van der Waals surface area (Å²) in [7, 11) is 0. The molecule has 20 heavy (non-hydrogen) atoms. The van der Waals surface area contributed by atoms with Crippen molar-refractivity contribution in [2.75, 3.05) is 19.8 Å². The SMILES string of the molecule is Cc1cc(C)n(C[C@@H]2CCCN2C(=O)[C@H]2CCOC2)n1. The van der Waals surface area contributed by atoms with Crippen LogP contribution in [0, 0.1) is 19.8 Å². The third-order valence-corrected chi connectivity index (χ3v) is 4.43. The van der Waals surface area contributed by atoms with Gasteiger partial charge < -0.3 is 9.64 Å². The molecule has 2 atom stereocenters. The number of aryl methyl sites for hydroxylation is 2. The van der Waals surface area contributed by atoms with E-state index in [9.17, 15) is 4.79 Å². The highest BCUT2D eigenvalue weighted by Gasteiger charge is 2.35. The van der Waals surface area contributed by atoms with Crippen LogP contribution in [0.3, 0.4) is 0 Å². The molecule has 2 aliphatic heterocycles. The number of hydrogen-bond acceptors (Lipinski definition) is 3. The third kappa shape index (κ3) is 2.59. The minimum absolute atomic E-state index is 0.0797. The second kappa shape index (κ2) is 5.56. The molecule has 0 radical (unpaired) electrons. The molecule has 2 fully saturated rings. The van der Waals surface area contributed by atoms with Crippen LogP contribution >= 0.6 is 0 Å². The zero-order valence-corrected chi connectivity index (χ0v) is 12.3. The second-order valence-corrected chi connectivity index (χ2v) is 6.00. The molecular weight excluding hydrogens is 254 g/mol. The highest BCUT2D eigenvalue weighted by molar-refractivity contribution is 5.79. The standard InChI is InChI=1S/C15H23N3O2/c1-11-8-12(2)18(16-11)9-14-4-3-6-17(14)15(19)13-5-7-20-10-13/h8,13-14H,3-7,9-10H2,1-2H3/t13-,14-/m0/s1. The molecule has 0 bridgehead atoms. The van der Waals surface area contributed by atoms with Crippen LogP contribution in [0.5, 0.6) is 0 Å². The highest BCUT2D eigenvalue weighted by Crippen LogP contribution is 2.24. The van der Waals surface area contributed by atoms with Crippen LogP contribution in [0.2, 0.25) is 0 Å². The van der Waals surface area contributed by atoms with E-state index in [0.29, 0.717) is 12.6 Å². The van der Waals surface area contributed by atoms with Gasteiger partial charge in [0.1, 0.15) is 0 Å². The Balaban J connectivity index is 1.69. The van der Waals surface area contributed by atoms with Crippen molar-refractivity contribution in [1.29, 1.82) is 0 Å². The molecule has 0 aromatic carbocycles. The molecule has 0 aliphatic carbocycles. The fraction of sp³-hybridized carbons (Fsp3) is 0.733. The molecule has 5 heteroatoms. The van der Waals surface area contributed by atoms with Crippen LogP contribution in [0.25, 0.3) is 0 Å². The molecule has 5 nitrogen and oxygen atoms in total. The van der Waals surface area contributed by atoms with Crippen LogP contribution in [-0.4, -0.2) is 46.4 Å². The summed E-state index contributed by atoms with van der Waals surface area (Å²) in [6.07, 6.45) is 3.06. The van der Waals surface area contributed by atoms with Gasteiger partial charge in [-0.25, -0.2) is 0 Å². The van der Waals surface area contributed by atoms with Gasteiger partial charge in [-0.15, -0.1) is 0 Å². The van der Waals surface area contributed by atoms with Gasteiger partial charge in [0, 0.05) is 18.8 Å². The number of amides is 1. The van der Waals surface area contributed by atoms with E-state index in [2.05, 4.69) is 23.0 Å². The van der Waals surface area contributed by atoms with Gasteiger partial charge in [0.05, 0.1) is 30.8 Å². The largest absolute Gasteiger partial charge is 0.381 e. The van der Waals surface area contributed by atoms with Crippen molar-refractivity contribution in [2.24, 2.45) is 5.92 Å². The van der Waals surface area contributed by atoms with E-state index in [-0.39, 0.29) is 11.8 Å². The van der Waals surface area contributed by atoms with Crippen molar-refractivity contribution in [3.05, 3.63) is 17.5 Å². The van der Waals surface area contributed by atoms with E-state index in [1.165, 1.54) is 5.69 Å². The van der Waals surface area contributed by atoms with Crippen molar-refractivity contribution in [3.63, 3.8) is 0 Å². The van der Waals surface area contributed by atoms with E-state index >= 15 is 0 Å². The normalized spacial score (nSPS) is 26.4. The predicted octanol–water partition coefficient (Wildman–Crippen LogP) is 1.53. The number of carbonyl (C=O) groups excluding carboxylic acids is 1. The van der Waals surface area contributed by atoms with E-state index in [0.717, 1.165) is 44.7 Å². The van der Waals surface area contributed by atoms with Crippen molar-refractivity contribution < 1.29 is 9.53 Å². The summed E-state index contributed by atoms with van der Waals surface area (Å²) in [6, 6.07) is 2.38. The smallest absolute Gasteiger partial charge is 0.228 e. The quantitative estimate of drug-likeness (QED) is 0.841. The molecule has 2 aliphatic rings. The lowest BCUT2D eigenvalue weighted by molar-refractivity contribution is -0.136. The van der Waals surface area contributed by atoms with Gasteiger partial charge in [-0.3, -0.25) is 9.48 Å². The monoisotopic (exact) mass is 277 g/mol. The van der Waals surface area contributed by atoms with Gasteiger partial charge in [-0.1, -0.05) is 0 Å². The van der Waals surface area contributed by atoms with E-state index in [1.54, 1.807) is 0 Å². The summed E-state index contributed by atoms with van der Waals surface area (Å²) in [4.78, 5) is 14.6. The van der Waals surface area contributed by atoms with E-state index in [1.807, 2.05) is 11.6 Å². The first kappa shape index (κ1) is 13.6. The minimum Gasteiger partial charge on any atom is -0.381 e. The average Bonchev–Trinajstić information content (AvgIpc) is 3.12. The minimum atomic E-state index is 0.0797. The Hall–Kier alpha value is -1.36. The lowest BCUT2D eigenvalue weighted by Crippen LogP contribution is -2.42. The third-order valence-electron chi connectivity index (χ3n) is 4.43. The number of ether oxygens (including phenoxy) is 1. The maximum absolute atomic E-state index is 12.6. The van der Waals surface area contributed by atoms with Crippen LogP contribution in [0.15, 0.2) is 6.07 Å². The number of hydrogen-bond donors (Lipinski definition) is 0. The maximum Gasteiger partial charge on any atom is 0.228 e. The summed E-state index contributed by atoms with van der Waals surface area (Å²) in [5, 5.41) is 4.52. The Bertz CT molecular complexity index is 491. The fourth-order valence-electron chi connectivity index (χ4n) is 3.34. The van der Waals surface area contributed by atoms with Gasteiger partial charge in [-0.2, -0.15) is 5.10 Å². The van der Waals surface area contributed by atoms with Gasteiger partial charge in [0.15, 0.2) is 0 Å². The fourth-order valence-corrected chi connectivity index (χ4v) is 3.34. The van der Waals surface area contributed by atoms with Gasteiger partial charge in [0.25, 0.3) is 0 Å². The summed E-state index contributed by atoms with van der Waals surface area (Å²) in [5.41, 5.74) is 2.22. The molecule has 110 valence electrons. The molecule has 3 heterocycles. The van der Waals surface area contributed by atoms with E-state index < -0.39 is 0 Å². The first-order chi connectivity index (χ1) is 9.65. The highest BCUT2D eigenvalue weighted by atomic mass is 16.5. The van der Waals surface area contributed by atoms with Crippen molar-refractivity contribution in [1.82, 2.24) is 14.7 Å². The Labute approximate surface area is 119 Å². The zero-order chi connectivity index (χ0) is 14.1. The summed E-state index contributed by atoms with van der Waals surface area (Å²) >= 11 is 0. The molecule has 0 N–H and O–H groups in total. The molecular formula is C15H23N3O2. The first-order valence-corrected chi connectivity index (χ1v) is 7.54. The Morgan fingerprint density at radius 1 is 1.45 bits per heavy atom. The number of rotatable bonds is 3. The Kier molecular flexibility index (Phi) is 3.78. The molecule has 0 saturated carbocycles. The van der Waals surface area contributed by atoms with Gasteiger partial charge >= 0.3 is 0 Å². The lowest BCUT2D eigenvalue weighted by atomic mass is 10.1. The van der Waals surface area contributed by atoms with Gasteiger partial charge in [-0.05, 0) is 39.2 Å². The average molecular weight is 277 g/mol. The van der Waals surface area contributed by atoms with Crippen LogP contribution in [0.1, 0.15) is 30.7 Å². The maximum atomic E-state index is 12.6. The predicted molar refractivity (Wildman–Crippen MR) is 75.4 cm³/mol. The second-order valence-electron chi connectivity index (χ2n) is 6.00. The number of nitrogens with zero attached hydrogens (tertiary/aromatic N) is 3. The molecule has 0 spiro atoms. The topological polar surface area (TPSA) is 47.4 Å². The Morgan fingerprint density at radius 3 is 2.95 bits per heavy atom. The molecule has 3 rings (SSSR count). The number of likely N-dealkylation sites (tertiary alicyclic amines) is 1. The molecule has 2 saturated heterocycles.